The van der Waals surface area contributed by atoms with Crippen molar-refractivity contribution in [1.82, 2.24) is 15.1 Å². The molecular weight excluding hydrogens is 343 g/mol. The van der Waals surface area contributed by atoms with Crippen molar-refractivity contribution in [2.45, 2.75) is 19.3 Å². The summed E-state index contributed by atoms with van der Waals surface area (Å²) in [4.78, 5) is 14.4. The van der Waals surface area contributed by atoms with Crippen LogP contribution in [0.25, 0.3) is 10.9 Å². The fourth-order valence-electron chi connectivity index (χ4n) is 3.68. The molecule has 2 heterocycles. The molecule has 2 aromatic carbocycles. The second-order valence-corrected chi connectivity index (χ2v) is 7.18. The Morgan fingerprint density at radius 2 is 1.96 bits per heavy atom. The number of likely N-dealkylation sites (tertiary alicyclic amines) is 1. The zero-order chi connectivity index (χ0) is 18.6. The van der Waals surface area contributed by atoms with Gasteiger partial charge in [0, 0.05) is 24.2 Å². The van der Waals surface area contributed by atoms with E-state index in [2.05, 4.69) is 15.5 Å². The number of anilines is 1. The van der Waals surface area contributed by atoms with Crippen LogP contribution in [-0.4, -0.2) is 40.6 Å². The highest BCUT2D eigenvalue weighted by Crippen LogP contribution is 2.22. The van der Waals surface area contributed by atoms with Gasteiger partial charge in [-0.1, -0.05) is 12.1 Å². The standard InChI is InChI=1S/C21H23FN4O/c22-18-4-1-15(2-5-18)11-16-7-9-26(10-8-16)21(27)14-23-19-6-3-17-13-24-25-20(17)12-19/h1-6,12-13,16,23H,7-11,14H2,(H,24,25). The van der Waals surface area contributed by atoms with E-state index in [4.69, 9.17) is 0 Å². The second kappa shape index (κ2) is 7.78. The Morgan fingerprint density at radius 1 is 1.19 bits per heavy atom. The van der Waals surface area contributed by atoms with E-state index in [-0.39, 0.29) is 11.7 Å². The topological polar surface area (TPSA) is 61.0 Å². The fraction of sp³-hybridized carbons (Fsp3) is 0.333. The molecule has 3 aromatic rings. The van der Waals surface area contributed by atoms with E-state index in [0.29, 0.717) is 12.5 Å². The molecular formula is C21H23FN4O. The number of amides is 1. The Labute approximate surface area is 157 Å². The van der Waals surface area contributed by atoms with E-state index in [1.165, 1.54) is 12.1 Å². The summed E-state index contributed by atoms with van der Waals surface area (Å²) in [6.45, 7) is 1.86. The van der Waals surface area contributed by atoms with E-state index < -0.39 is 0 Å². The van der Waals surface area contributed by atoms with Crippen LogP contribution >= 0.6 is 0 Å². The molecule has 2 N–H and O–H groups in total. The van der Waals surface area contributed by atoms with Gasteiger partial charge in [-0.15, -0.1) is 0 Å². The second-order valence-electron chi connectivity index (χ2n) is 7.18. The van der Waals surface area contributed by atoms with E-state index in [1.54, 1.807) is 6.20 Å². The molecule has 1 aliphatic rings. The molecule has 0 aliphatic carbocycles. The molecule has 5 nitrogen and oxygen atoms in total. The maximum Gasteiger partial charge on any atom is 0.241 e. The van der Waals surface area contributed by atoms with Crippen LogP contribution < -0.4 is 5.32 Å². The highest BCUT2D eigenvalue weighted by Gasteiger charge is 2.22. The summed E-state index contributed by atoms with van der Waals surface area (Å²) in [5.41, 5.74) is 3.03. The molecule has 1 amide bonds. The minimum absolute atomic E-state index is 0.125. The lowest BCUT2D eigenvalue weighted by molar-refractivity contribution is -0.130. The van der Waals surface area contributed by atoms with Crippen LogP contribution in [0.15, 0.2) is 48.7 Å². The zero-order valence-electron chi connectivity index (χ0n) is 15.1. The lowest BCUT2D eigenvalue weighted by Crippen LogP contribution is -2.41. The fourth-order valence-corrected chi connectivity index (χ4v) is 3.68. The monoisotopic (exact) mass is 366 g/mol. The maximum atomic E-state index is 13.0. The van der Waals surface area contributed by atoms with Gasteiger partial charge in [0.1, 0.15) is 5.82 Å². The summed E-state index contributed by atoms with van der Waals surface area (Å²) in [6, 6.07) is 12.6. The van der Waals surface area contributed by atoms with Gasteiger partial charge in [0.2, 0.25) is 5.91 Å². The van der Waals surface area contributed by atoms with Crippen molar-refractivity contribution in [1.29, 1.82) is 0 Å². The Kier molecular flexibility index (Phi) is 5.05. The van der Waals surface area contributed by atoms with E-state index in [1.807, 2.05) is 35.2 Å². The van der Waals surface area contributed by atoms with Crippen molar-refractivity contribution in [3.63, 3.8) is 0 Å². The smallest absolute Gasteiger partial charge is 0.241 e. The molecule has 0 spiro atoms. The number of benzene rings is 2. The molecule has 0 saturated carbocycles. The first-order valence-corrected chi connectivity index (χ1v) is 9.36. The van der Waals surface area contributed by atoms with Gasteiger partial charge in [0.15, 0.2) is 0 Å². The third-order valence-electron chi connectivity index (χ3n) is 5.29. The van der Waals surface area contributed by atoms with Gasteiger partial charge in [-0.25, -0.2) is 4.39 Å². The Morgan fingerprint density at radius 3 is 2.74 bits per heavy atom. The van der Waals surface area contributed by atoms with Crippen molar-refractivity contribution in [2.24, 2.45) is 5.92 Å². The van der Waals surface area contributed by atoms with Crippen LogP contribution in [0.3, 0.4) is 0 Å². The molecule has 1 fully saturated rings. The average molecular weight is 366 g/mol. The highest BCUT2D eigenvalue weighted by molar-refractivity contribution is 5.84. The van der Waals surface area contributed by atoms with Crippen LogP contribution in [0.1, 0.15) is 18.4 Å². The van der Waals surface area contributed by atoms with E-state index in [9.17, 15) is 9.18 Å². The summed E-state index contributed by atoms with van der Waals surface area (Å²) in [6.07, 6.45) is 4.71. The summed E-state index contributed by atoms with van der Waals surface area (Å²) in [5, 5.41) is 11.2. The van der Waals surface area contributed by atoms with Gasteiger partial charge >= 0.3 is 0 Å². The maximum absolute atomic E-state index is 13.0. The van der Waals surface area contributed by atoms with Gasteiger partial charge < -0.3 is 10.2 Å². The number of piperidine rings is 1. The first kappa shape index (κ1) is 17.5. The first-order chi connectivity index (χ1) is 13.2. The number of hydrogen-bond donors (Lipinski definition) is 2. The zero-order valence-corrected chi connectivity index (χ0v) is 15.1. The SMILES string of the molecule is O=C(CNc1ccc2cn[nH]c2c1)N1CCC(Cc2ccc(F)cc2)CC1. The first-order valence-electron chi connectivity index (χ1n) is 9.36. The number of aromatic nitrogens is 2. The number of hydrogen-bond acceptors (Lipinski definition) is 3. The molecule has 0 bridgehead atoms. The number of aromatic amines is 1. The number of carbonyl (C=O) groups is 1. The van der Waals surface area contributed by atoms with Crippen molar-refractivity contribution in [2.75, 3.05) is 25.0 Å². The number of nitrogens with zero attached hydrogens (tertiary/aromatic N) is 2. The van der Waals surface area contributed by atoms with Gasteiger partial charge in [0.05, 0.1) is 18.3 Å². The predicted octanol–water partition coefficient (Wildman–Crippen LogP) is 3.60. The Bertz CT molecular complexity index is 913. The normalized spacial score (nSPS) is 15.2. The van der Waals surface area contributed by atoms with Crippen molar-refractivity contribution < 1.29 is 9.18 Å². The number of halogens is 1. The van der Waals surface area contributed by atoms with Gasteiger partial charge in [-0.2, -0.15) is 5.10 Å². The molecule has 0 unspecified atom stereocenters. The lowest BCUT2D eigenvalue weighted by atomic mass is 9.90. The number of carbonyl (C=O) groups excluding carboxylic acids is 1. The molecule has 1 saturated heterocycles. The third-order valence-corrected chi connectivity index (χ3v) is 5.29. The lowest BCUT2D eigenvalue weighted by Gasteiger charge is -2.32. The number of fused-ring (bicyclic) bond motifs is 1. The molecule has 4 rings (SSSR count). The minimum atomic E-state index is -0.196. The largest absolute Gasteiger partial charge is 0.376 e. The van der Waals surface area contributed by atoms with Gasteiger partial charge in [-0.05, 0) is 61.1 Å². The van der Waals surface area contributed by atoms with Crippen LogP contribution in [0.2, 0.25) is 0 Å². The van der Waals surface area contributed by atoms with Gasteiger partial charge in [0.25, 0.3) is 0 Å². The molecule has 1 aromatic heterocycles. The third kappa shape index (κ3) is 4.27. The van der Waals surface area contributed by atoms with Crippen LogP contribution in [0.4, 0.5) is 10.1 Å². The van der Waals surface area contributed by atoms with Crippen molar-refractivity contribution in [3.8, 4) is 0 Å². The summed E-state index contributed by atoms with van der Waals surface area (Å²) >= 11 is 0. The Balaban J connectivity index is 1.25. The average Bonchev–Trinajstić information content (AvgIpc) is 3.16. The van der Waals surface area contributed by atoms with E-state index >= 15 is 0 Å². The van der Waals surface area contributed by atoms with E-state index in [0.717, 1.165) is 54.5 Å². The molecule has 1 aliphatic heterocycles. The summed E-state index contributed by atoms with van der Waals surface area (Å²) in [7, 11) is 0. The number of rotatable bonds is 5. The quantitative estimate of drug-likeness (QED) is 0.725. The molecule has 27 heavy (non-hydrogen) atoms. The molecule has 140 valence electrons. The van der Waals surface area contributed by atoms with Gasteiger partial charge in [-0.3, -0.25) is 9.89 Å². The van der Waals surface area contributed by atoms with Crippen molar-refractivity contribution in [3.05, 3.63) is 60.0 Å². The molecule has 6 heteroatoms. The highest BCUT2D eigenvalue weighted by atomic mass is 19.1. The predicted molar refractivity (Wildman–Crippen MR) is 104 cm³/mol. The number of nitrogens with one attached hydrogen (secondary N) is 2. The van der Waals surface area contributed by atoms with Crippen molar-refractivity contribution >= 4 is 22.5 Å². The number of H-pyrrole nitrogens is 1. The Hall–Kier alpha value is -2.89. The molecule has 0 atom stereocenters. The summed E-state index contributed by atoms with van der Waals surface area (Å²) < 4.78 is 13.0. The molecule has 0 radical (unpaired) electrons. The van der Waals surface area contributed by atoms with Crippen LogP contribution in [0.5, 0.6) is 0 Å². The summed E-state index contributed by atoms with van der Waals surface area (Å²) in [5.74, 6) is 0.480. The van der Waals surface area contributed by atoms with Crippen LogP contribution in [0, 0.1) is 11.7 Å². The minimum Gasteiger partial charge on any atom is -0.376 e. The van der Waals surface area contributed by atoms with Crippen LogP contribution in [-0.2, 0) is 11.2 Å².